The number of nitrogen functional groups attached to an aromatic ring is 1. The zero-order valence-corrected chi connectivity index (χ0v) is 10.8. The van der Waals surface area contributed by atoms with Crippen molar-refractivity contribution in [1.82, 2.24) is 0 Å². The monoisotopic (exact) mass is 235 g/mol. The van der Waals surface area contributed by atoms with E-state index in [9.17, 15) is 4.79 Å². The zero-order chi connectivity index (χ0) is 12.8. The normalized spacial score (nSPS) is 12.2. The molecule has 1 atom stereocenters. The van der Waals surface area contributed by atoms with E-state index in [4.69, 9.17) is 10.5 Å². The molecule has 0 aliphatic carbocycles. The van der Waals surface area contributed by atoms with Gasteiger partial charge in [0, 0.05) is 5.69 Å². The molecule has 0 heterocycles. The number of ether oxygens (including phenoxy) is 1. The van der Waals surface area contributed by atoms with Gasteiger partial charge >= 0.3 is 5.97 Å². The molecular formula is C14H21NO2. The molecule has 0 saturated heterocycles. The molecule has 2 N–H and O–H groups in total. The van der Waals surface area contributed by atoms with Crippen LogP contribution in [0.1, 0.15) is 42.6 Å². The minimum absolute atomic E-state index is 0.280. The van der Waals surface area contributed by atoms with Crippen LogP contribution in [0.5, 0.6) is 0 Å². The summed E-state index contributed by atoms with van der Waals surface area (Å²) in [6.45, 7) is 6.57. The lowest BCUT2D eigenvalue weighted by Gasteiger charge is -2.12. The minimum atomic E-state index is -0.280. The average molecular weight is 235 g/mol. The number of carbonyl (C=O) groups excluding carboxylic acids is 1. The van der Waals surface area contributed by atoms with E-state index in [0.29, 0.717) is 23.8 Å². The first-order chi connectivity index (χ1) is 8.04. The van der Waals surface area contributed by atoms with Gasteiger partial charge in [0.25, 0.3) is 0 Å². The van der Waals surface area contributed by atoms with E-state index < -0.39 is 0 Å². The highest BCUT2D eigenvalue weighted by Crippen LogP contribution is 2.15. The second-order valence-corrected chi connectivity index (χ2v) is 4.57. The standard InChI is InChI=1S/C14H21NO2/c1-4-5-10(2)9-17-14(16)13-8-12(15)7-6-11(13)3/h6-8,10H,4-5,9,15H2,1-3H3. The van der Waals surface area contributed by atoms with Crippen LogP contribution in [0, 0.1) is 12.8 Å². The molecule has 1 aromatic rings. The molecule has 1 unspecified atom stereocenters. The molecule has 0 aliphatic heterocycles. The predicted molar refractivity (Wildman–Crippen MR) is 69.9 cm³/mol. The molecule has 1 aromatic carbocycles. The van der Waals surface area contributed by atoms with E-state index in [1.165, 1.54) is 0 Å². The van der Waals surface area contributed by atoms with Crippen molar-refractivity contribution in [1.29, 1.82) is 0 Å². The maximum Gasteiger partial charge on any atom is 0.338 e. The zero-order valence-electron chi connectivity index (χ0n) is 10.8. The smallest absolute Gasteiger partial charge is 0.338 e. The maximum atomic E-state index is 11.8. The molecule has 1 rings (SSSR count). The summed E-state index contributed by atoms with van der Waals surface area (Å²) < 4.78 is 5.28. The Hall–Kier alpha value is -1.51. The van der Waals surface area contributed by atoms with Crippen LogP contribution in [0.4, 0.5) is 5.69 Å². The topological polar surface area (TPSA) is 52.3 Å². The van der Waals surface area contributed by atoms with Crippen LogP contribution in [0.3, 0.4) is 0 Å². The number of anilines is 1. The first kappa shape index (κ1) is 13.6. The molecule has 0 aliphatic rings. The lowest BCUT2D eigenvalue weighted by Crippen LogP contribution is -2.13. The molecule has 3 heteroatoms. The Kier molecular flexibility index (Phi) is 5.01. The summed E-state index contributed by atoms with van der Waals surface area (Å²) in [6.07, 6.45) is 2.18. The summed E-state index contributed by atoms with van der Waals surface area (Å²) in [7, 11) is 0. The van der Waals surface area contributed by atoms with E-state index in [1.807, 2.05) is 13.0 Å². The van der Waals surface area contributed by atoms with Crippen LogP contribution in [0.25, 0.3) is 0 Å². The largest absolute Gasteiger partial charge is 0.462 e. The molecule has 3 nitrogen and oxygen atoms in total. The summed E-state index contributed by atoms with van der Waals surface area (Å²) in [5, 5.41) is 0. The van der Waals surface area contributed by atoms with Gasteiger partial charge in [0.15, 0.2) is 0 Å². The summed E-state index contributed by atoms with van der Waals surface area (Å²) in [6, 6.07) is 5.29. The number of aryl methyl sites for hydroxylation is 1. The van der Waals surface area contributed by atoms with Crippen LogP contribution in [0.2, 0.25) is 0 Å². The van der Waals surface area contributed by atoms with Crippen molar-refractivity contribution in [2.75, 3.05) is 12.3 Å². The third-order valence-corrected chi connectivity index (χ3v) is 2.76. The quantitative estimate of drug-likeness (QED) is 0.630. The number of esters is 1. The second kappa shape index (κ2) is 6.28. The van der Waals surface area contributed by atoms with Gasteiger partial charge in [-0.05, 0) is 37.0 Å². The molecular weight excluding hydrogens is 214 g/mol. The van der Waals surface area contributed by atoms with Crippen LogP contribution in [-0.4, -0.2) is 12.6 Å². The van der Waals surface area contributed by atoms with Gasteiger partial charge in [-0.3, -0.25) is 0 Å². The van der Waals surface area contributed by atoms with Gasteiger partial charge in [-0.1, -0.05) is 26.3 Å². The van der Waals surface area contributed by atoms with Crippen molar-refractivity contribution in [3.8, 4) is 0 Å². The number of benzene rings is 1. The molecule has 0 aromatic heterocycles. The highest BCUT2D eigenvalue weighted by molar-refractivity contribution is 5.92. The van der Waals surface area contributed by atoms with E-state index >= 15 is 0 Å². The van der Waals surface area contributed by atoms with Crippen molar-refractivity contribution < 1.29 is 9.53 Å². The fraction of sp³-hybridized carbons (Fsp3) is 0.500. The van der Waals surface area contributed by atoms with E-state index in [1.54, 1.807) is 12.1 Å². The van der Waals surface area contributed by atoms with Crippen molar-refractivity contribution in [3.63, 3.8) is 0 Å². The van der Waals surface area contributed by atoms with E-state index in [0.717, 1.165) is 18.4 Å². The molecule has 0 spiro atoms. The van der Waals surface area contributed by atoms with E-state index in [2.05, 4.69) is 13.8 Å². The Bertz CT molecular complexity index is 388. The lowest BCUT2D eigenvalue weighted by molar-refractivity contribution is 0.0443. The van der Waals surface area contributed by atoms with Crippen molar-refractivity contribution in [2.45, 2.75) is 33.6 Å². The molecule has 0 amide bonds. The van der Waals surface area contributed by atoms with Crippen LogP contribution >= 0.6 is 0 Å². The summed E-state index contributed by atoms with van der Waals surface area (Å²) in [5.74, 6) is 0.128. The van der Waals surface area contributed by atoms with Crippen molar-refractivity contribution >= 4 is 11.7 Å². The van der Waals surface area contributed by atoms with Gasteiger partial charge in [-0.2, -0.15) is 0 Å². The number of hydrogen-bond acceptors (Lipinski definition) is 3. The highest BCUT2D eigenvalue weighted by atomic mass is 16.5. The average Bonchev–Trinajstić information content (AvgIpc) is 2.29. The fourth-order valence-electron chi connectivity index (χ4n) is 1.73. The van der Waals surface area contributed by atoms with Gasteiger partial charge in [-0.15, -0.1) is 0 Å². The lowest BCUT2D eigenvalue weighted by atomic mass is 10.1. The van der Waals surface area contributed by atoms with Gasteiger partial charge < -0.3 is 10.5 Å². The van der Waals surface area contributed by atoms with Crippen LogP contribution in [-0.2, 0) is 4.74 Å². The number of nitrogens with two attached hydrogens (primary N) is 1. The van der Waals surface area contributed by atoms with Crippen molar-refractivity contribution in [2.24, 2.45) is 5.92 Å². The van der Waals surface area contributed by atoms with Gasteiger partial charge in [-0.25, -0.2) is 4.79 Å². The predicted octanol–water partition coefficient (Wildman–Crippen LogP) is 3.17. The third-order valence-electron chi connectivity index (χ3n) is 2.76. The molecule has 94 valence electrons. The Balaban J connectivity index is 2.61. The Morgan fingerprint density at radius 2 is 2.18 bits per heavy atom. The molecule has 17 heavy (non-hydrogen) atoms. The van der Waals surface area contributed by atoms with Crippen LogP contribution in [0.15, 0.2) is 18.2 Å². The summed E-state index contributed by atoms with van der Waals surface area (Å²) in [4.78, 5) is 11.8. The highest BCUT2D eigenvalue weighted by Gasteiger charge is 2.12. The fourth-order valence-corrected chi connectivity index (χ4v) is 1.73. The van der Waals surface area contributed by atoms with Crippen LogP contribution < -0.4 is 5.73 Å². The number of carbonyl (C=O) groups is 1. The first-order valence-electron chi connectivity index (χ1n) is 6.07. The Morgan fingerprint density at radius 1 is 1.47 bits per heavy atom. The Labute approximate surface area is 103 Å². The molecule has 0 radical (unpaired) electrons. The maximum absolute atomic E-state index is 11.8. The second-order valence-electron chi connectivity index (χ2n) is 4.57. The summed E-state index contributed by atoms with van der Waals surface area (Å²) in [5.41, 5.74) is 7.71. The number of rotatable bonds is 5. The number of hydrogen-bond donors (Lipinski definition) is 1. The van der Waals surface area contributed by atoms with Crippen molar-refractivity contribution in [3.05, 3.63) is 29.3 Å². The van der Waals surface area contributed by atoms with E-state index in [-0.39, 0.29) is 5.97 Å². The van der Waals surface area contributed by atoms with Gasteiger partial charge in [0.05, 0.1) is 12.2 Å². The minimum Gasteiger partial charge on any atom is -0.462 e. The Morgan fingerprint density at radius 3 is 2.82 bits per heavy atom. The summed E-state index contributed by atoms with van der Waals surface area (Å²) >= 11 is 0. The molecule has 0 bridgehead atoms. The SMILES string of the molecule is CCCC(C)COC(=O)c1cc(N)ccc1C. The first-order valence-corrected chi connectivity index (χ1v) is 6.07. The molecule has 0 saturated carbocycles. The van der Waals surface area contributed by atoms with Gasteiger partial charge in [0.1, 0.15) is 0 Å². The third kappa shape index (κ3) is 4.10. The molecule has 0 fully saturated rings. The van der Waals surface area contributed by atoms with Gasteiger partial charge in [0.2, 0.25) is 0 Å².